The second kappa shape index (κ2) is 14.4. The highest BCUT2D eigenvalue weighted by atomic mass is 16.5. The van der Waals surface area contributed by atoms with Crippen molar-refractivity contribution in [3.63, 3.8) is 0 Å². The molecule has 0 spiro atoms. The van der Waals surface area contributed by atoms with Gasteiger partial charge in [-0.1, -0.05) is 48.5 Å². The minimum Gasteiger partial charge on any atom is -0.496 e. The molecule has 0 saturated heterocycles. The van der Waals surface area contributed by atoms with Crippen LogP contribution in [0.2, 0.25) is 0 Å². The van der Waals surface area contributed by atoms with Gasteiger partial charge in [0.1, 0.15) is 11.5 Å². The smallest absolute Gasteiger partial charge is 0.308 e. The van der Waals surface area contributed by atoms with Crippen LogP contribution in [-0.4, -0.2) is 43.0 Å². The molecular weight excluding hydrogens is 458 g/mol. The molecule has 0 bridgehead atoms. The molecule has 0 aliphatic heterocycles. The van der Waals surface area contributed by atoms with Gasteiger partial charge in [0.2, 0.25) is 0 Å². The van der Waals surface area contributed by atoms with E-state index in [1.165, 1.54) is 12.5 Å². The number of hydrogen-bond acceptors (Lipinski definition) is 7. The number of benzene rings is 3. The zero-order valence-corrected chi connectivity index (χ0v) is 20.9. The van der Waals surface area contributed by atoms with Gasteiger partial charge in [-0.15, -0.1) is 0 Å². The minimum absolute atomic E-state index is 0.281. The minimum atomic E-state index is -0.746. The van der Waals surface area contributed by atoms with E-state index >= 15 is 0 Å². The quantitative estimate of drug-likeness (QED) is 0.179. The summed E-state index contributed by atoms with van der Waals surface area (Å²) in [6, 6.07) is 21.2. The molecule has 3 N–H and O–H groups in total. The zero-order valence-electron chi connectivity index (χ0n) is 20.9. The van der Waals surface area contributed by atoms with Crippen molar-refractivity contribution in [2.75, 3.05) is 26.8 Å². The van der Waals surface area contributed by atoms with E-state index < -0.39 is 12.1 Å². The van der Waals surface area contributed by atoms with Crippen LogP contribution in [0.3, 0.4) is 0 Å². The molecule has 3 aromatic rings. The molecule has 3 rings (SSSR count). The molecule has 0 fully saturated rings. The van der Waals surface area contributed by atoms with E-state index in [1.807, 2.05) is 24.3 Å². The predicted molar refractivity (Wildman–Crippen MR) is 138 cm³/mol. The number of nitrogens with one attached hydrogen (secondary N) is 1. The fourth-order valence-electron chi connectivity index (χ4n) is 3.93. The Hall–Kier alpha value is -3.23. The van der Waals surface area contributed by atoms with Gasteiger partial charge in [-0.25, -0.2) is 0 Å². The number of rotatable bonds is 14. The number of methoxy groups -OCH3 is 1. The van der Waals surface area contributed by atoms with Crippen molar-refractivity contribution in [1.29, 1.82) is 0 Å². The van der Waals surface area contributed by atoms with Crippen LogP contribution in [0.4, 0.5) is 0 Å². The van der Waals surface area contributed by atoms with Crippen molar-refractivity contribution < 1.29 is 29.2 Å². The molecule has 0 unspecified atom stereocenters. The Balaban J connectivity index is 1.41. The summed E-state index contributed by atoms with van der Waals surface area (Å²) in [5.74, 6) is 0.731. The van der Waals surface area contributed by atoms with Crippen LogP contribution in [0.25, 0.3) is 0 Å². The third kappa shape index (κ3) is 8.46. The molecule has 0 radical (unpaired) electrons. The average molecular weight is 494 g/mol. The van der Waals surface area contributed by atoms with Crippen LogP contribution < -0.4 is 14.8 Å². The predicted octanol–water partition coefficient (Wildman–Crippen LogP) is 3.74. The molecule has 0 heterocycles. The molecule has 3 aromatic carbocycles. The van der Waals surface area contributed by atoms with Gasteiger partial charge in [-0.2, -0.15) is 0 Å². The van der Waals surface area contributed by atoms with Gasteiger partial charge in [-0.3, -0.25) is 4.79 Å². The summed E-state index contributed by atoms with van der Waals surface area (Å²) >= 11 is 0. The summed E-state index contributed by atoms with van der Waals surface area (Å²) in [7, 11) is 1.68. The van der Waals surface area contributed by atoms with Crippen LogP contribution >= 0.6 is 0 Å². The summed E-state index contributed by atoms with van der Waals surface area (Å²) in [6.45, 7) is 3.25. The lowest BCUT2D eigenvalue weighted by Crippen LogP contribution is -2.24. The third-order valence-corrected chi connectivity index (χ3v) is 5.79. The van der Waals surface area contributed by atoms with E-state index in [0.717, 1.165) is 29.7 Å². The number of aliphatic hydroxyl groups is 2. The van der Waals surface area contributed by atoms with E-state index in [4.69, 9.17) is 14.2 Å². The van der Waals surface area contributed by atoms with Crippen molar-refractivity contribution in [3.05, 3.63) is 94.5 Å². The van der Waals surface area contributed by atoms with Gasteiger partial charge in [0.15, 0.2) is 0 Å². The summed E-state index contributed by atoms with van der Waals surface area (Å²) in [4.78, 5) is 11.2. The number of ether oxygens (including phenoxy) is 3. The Labute approximate surface area is 212 Å². The number of carbonyl (C=O) groups is 1. The molecule has 7 nitrogen and oxygen atoms in total. The van der Waals surface area contributed by atoms with Crippen LogP contribution in [0.1, 0.15) is 40.8 Å². The zero-order chi connectivity index (χ0) is 25.8. The Kier molecular flexibility index (Phi) is 10.9. The van der Waals surface area contributed by atoms with Gasteiger partial charge in [0, 0.05) is 19.0 Å². The van der Waals surface area contributed by atoms with Gasteiger partial charge in [0.05, 0.1) is 33.0 Å². The fourth-order valence-corrected chi connectivity index (χ4v) is 3.93. The van der Waals surface area contributed by atoms with Gasteiger partial charge < -0.3 is 29.7 Å². The van der Waals surface area contributed by atoms with E-state index in [-0.39, 0.29) is 6.61 Å². The first kappa shape index (κ1) is 27.4. The third-order valence-electron chi connectivity index (χ3n) is 5.79. The van der Waals surface area contributed by atoms with Crippen molar-refractivity contribution in [2.24, 2.45) is 0 Å². The van der Waals surface area contributed by atoms with Crippen LogP contribution in [-0.2, 0) is 35.6 Å². The number of aliphatic hydroxyl groups excluding tert-OH is 2. The number of carbonyl (C=O) groups excluding carboxylic acids is 1. The molecule has 36 heavy (non-hydrogen) atoms. The Morgan fingerprint density at radius 2 is 1.75 bits per heavy atom. The largest absolute Gasteiger partial charge is 0.496 e. The normalized spacial score (nSPS) is 11.8. The monoisotopic (exact) mass is 493 g/mol. The average Bonchev–Trinajstić information content (AvgIpc) is 2.89. The SMILES string of the molecule is COc1ccccc1CCOCc1cccc(CCNC[C@H](O)c2ccc(OC(C)=O)c(CO)c2)c1. The molecule has 0 amide bonds. The maximum absolute atomic E-state index is 11.2. The van der Waals surface area contributed by atoms with Crippen molar-refractivity contribution in [3.8, 4) is 11.5 Å². The summed E-state index contributed by atoms with van der Waals surface area (Å²) in [5, 5.41) is 23.3. The van der Waals surface area contributed by atoms with Gasteiger partial charge in [0.25, 0.3) is 0 Å². The first-order valence-corrected chi connectivity index (χ1v) is 12.1. The lowest BCUT2D eigenvalue weighted by Gasteiger charge is -2.15. The lowest BCUT2D eigenvalue weighted by atomic mass is 10.0. The number of para-hydroxylation sites is 1. The van der Waals surface area contributed by atoms with Crippen molar-refractivity contribution >= 4 is 5.97 Å². The highest BCUT2D eigenvalue weighted by Crippen LogP contribution is 2.24. The molecule has 1 atom stereocenters. The standard InChI is InChI=1S/C29H35NO6/c1-21(32)36-29-11-10-25(17-26(29)19-31)27(33)18-30-14-12-22-6-5-7-23(16-22)20-35-15-13-24-8-3-4-9-28(24)34-2/h3-11,16-17,27,30-31,33H,12-15,18-20H2,1-2H3/t27-/m0/s1. The molecule has 0 aliphatic rings. The van der Waals surface area contributed by atoms with Crippen molar-refractivity contribution in [1.82, 2.24) is 5.32 Å². The highest BCUT2D eigenvalue weighted by molar-refractivity contribution is 5.69. The number of esters is 1. The molecule has 0 aliphatic carbocycles. The molecule has 0 aromatic heterocycles. The van der Waals surface area contributed by atoms with E-state index in [0.29, 0.717) is 43.2 Å². The van der Waals surface area contributed by atoms with E-state index in [9.17, 15) is 15.0 Å². The maximum atomic E-state index is 11.2. The maximum Gasteiger partial charge on any atom is 0.308 e. The first-order chi connectivity index (χ1) is 17.5. The van der Waals surface area contributed by atoms with Crippen LogP contribution in [0, 0.1) is 0 Å². The van der Waals surface area contributed by atoms with E-state index in [1.54, 1.807) is 25.3 Å². The summed E-state index contributed by atoms with van der Waals surface area (Å²) in [6.07, 6.45) is 0.863. The van der Waals surface area contributed by atoms with Gasteiger partial charge in [-0.05, 0) is 59.8 Å². The van der Waals surface area contributed by atoms with Gasteiger partial charge >= 0.3 is 5.97 Å². The first-order valence-electron chi connectivity index (χ1n) is 12.1. The highest BCUT2D eigenvalue weighted by Gasteiger charge is 2.12. The summed E-state index contributed by atoms with van der Waals surface area (Å²) in [5.41, 5.74) is 4.56. The van der Waals surface area contributed by atoms with Crippen LogP contribution in [0.15, 0.2) is 66.7 Å². The topological polar surface area (TPSA) is 97.3 Å². The summed E-state index contributed by atoms with van der Waals surface area (Å²) < 4.78 is 16.3. The number of hydrogen-bond donors (Lipinski definition) is 3. The Morgan fingerprint density at radius 1 is 0.944 bits per heavy atom. The molecule has 192 valence electrons. The van der Waals surface area contributed by atoms with Crippen molar-refractivity contribution in [2.45, 2.75) is 39.1 Å². The van der Waals surface area contributed by atoms with Crippen LogP contribution in [0.5, 0.6) is 11.5 Å². The molecule has 0 saturated carbocycles. The molecular formula is C29H35NO6. The second-order valence-electron chi connectivity index (χ2n) is 8.52. The Morgan fingerprint density at radius 3 is 2.53 bits per heavy atom. The second-order valence-corrected chi connectivity index (χ2v) is 8.52. The lowest BCUT2D eigenvalue weighted by molar-refractivity contribution is -0.131. The van der Waals surface area contributed by atoms with E-state index in [2.05, 4.69) is 29.6 Å². The fraction of sp³-hybridized carbons (Fsp3) is 0.345. The Bertz CT molecular complexity index is 1120. The molecule has 7 heteroatoms.